The highest BCUT2D eigenvalue weighted by Gasteiger charge is 2.33. The molecule has 0 aliphatic heterocycles. The van der Waals surface area contributed by atoms with Crippen molar-refractivity contribution in [2.75, 3.05) is 13.1 Å². The average molecular weight is 410 g/mol. The molecule has 26 heavy (non-hydrogen) atoms. The van der Waals surface area contributed by atoms with Crippen LogP contribution in [0.15, 0.2) is 53.6 Å². The van der Waals surface area contributed by atoms with Gasteiger partial charge in [0.1, 0.15) is 10.6 Å². The quantitative estimate of drug-likeness (QED) is 0.762. The summed E-state index contributed by atoms with van der Waals surface area (Å²) in [5.41, 5.74) is 5.09. The lowest BCUT2D eigenvalue weighted by atomic mass is 10.2. The first-order valence-electron chi connectivity index (χ1n) is 7.52. The monoisotopic (exact) mass is 409 g/mol. The van der Waals surface area contributed by atoms with Gasteiger partial charge in [-0.15, -0.1) is 12.4 Å². The summed E-state index contributed by atoms with van der Waals surface area (Å²) in [5.74, 6) is 0. The number of hydrogen-bond donors (Lipinski definition) is 1. The van der Waals surface area contributed by atoms with E-state index in [4.69, 9.17) is 5.73 Å². The third-order valence-electron chi connectivity index (χ3n) is 3.48. The SMILES string of the molecule is Cl.NCCCN(Cc1ccccc1)S(=O)(=O)c1ccc(C(F)(F)F)nc1. The van der Waals surface area contributed by atoms with E-state index in [1.165, 1.54) is 4.31 Å². The fourth-order valence-electron chi connectivity index (χ4n) is 2.19. The minimum Gasteiger partial charge on any atom is -0.330 e. The molecule has 2 N–H and O–H groups in total. The Morgan fingerprint density at radius 2 is 1.73 bits per heavy atom. The van der Waals surface area contributed by atoms with Crippen molar-refractivity contribution in [2.45, 2.75) is 24.0 Å². The number of sulfonamides is 1. The fourth-order valence-corrected chi connectivity index (χ4v) is 3.60. The van der Waals surface area contributed by atoms with Crippen molar-refractivity contribution < 1.29 is 21.6 Å². The van der Waals surface area contributed by atoms with E-state index in [2.05, 4.69) is 4.98 Å². The molecular weight excluding hydrogens is 391 g/mol. The average Bonchev–Trinajstić information content (AvgIpc) is 2.58. The van der Waals surface area contributed by atoms with Crippen LogP contribution in [-0.2, 0) is 22.7 Å². The summed E-state index contributed by atoms with van der Waals surface area (Å²) in [6.45, 7) is 0.561. The molecule has 0 saturated carbocycles. The third kappa shape index (κ3) is 5.66. The molecule has 1 heterocycles. The number of halogens is 4. The van der Waals surface area contributed by atoms with Crippen LogP contribution in [0, 0.1) is 0 Å². The molecular formula is C16H19ClF3N3O2S. The van der Waals surface area contributed by atoms with Crippen LogP contribution < -0.4 is 5.73 Å². The van der Waals surface area contributed by atoms with E-state index in [9.17, 15) is 21.6 Å². The number of nitrogens with zero attached hydrogens (tertiary/aromatic N) is 2. The lowest BCUT2D eigenvalue weighted by Crippen LogP contribution is -2.32. The molecule has 0 radical (unpaired) electrons. The summed E-state index contributed by atoms with van der Waals surface area (Å²) >= 11 is 0. The molecule has 0 aliphatic carbocycles. The van der Waals surface area contributed by atoms with Gasteiger partial charge in [-0.25, -0.2) is 8.42 Å². The first kappa shape index (κ1) is 22.4. The van der Waals surface area contributed by atoms with Gasteiger partial charge in [0.05, 0.1) is 0 Å². The van der Waals surface area contributed by atoms with Crippen LogP contribution in [0.3, 0.4) is 0 Å². The Morgan fingerprint density at radius 1 is 1.08 bits per heavy atom. The Hall–Kier alpha value is -1.68. The van der Waals surface area contributed by atoms with E-state index in [0.29, 0.717) is 19.0 Å². The Kier molecular flexibility index (Phi) is 8.01. The van der Waals surface area contributed by atoms with E-state index in [1.54, 1.807) is 24.3 Å². The zero-order valence-corrected chi connectivity index (χ0v) is 15.3. The number of hydrogen-bond acceptors (Lipinski definition) is 4. The topological polar surface area (TPSA) is 76.3 Å². The first-order chi connectivity index (χ1) is 11.7. The van der Waals surface area contributed by atoms with Crippen molar-refractivity contribution in [1.82, 2.24) is 9.29 Å². The predicted molar refractivity (Wildman–Crippen MR) is 94.2 cm³/mol. The molecule has 0 spiro atoms. The lowest BCUT2D eigenvalue weighted by molar-refractivity contribution is -0.141. The molecule has 0 saturated heterocycles. The Morgan fingerprint density at radius 3 is 2.23 bits per heavy atom. The lowest BCUT2D eigenvalue weighted by Gasteiger charge is -2.22. The predicted octanol–water partition coefficient (Wildman–Crippen LogP) is 3.06. The number of aromatic nitrogens is 1. The van der Waals surface area contributed by atoms with Gasteiger partial charge in [0, 0.05) is 19.3 Å². The van der Waals surface area contributed by atoms with Gasteiger partial charge in [-0.3, -0.25) is 4.98 Å². The van der Waals surface area contributed by atoms with Gasteiger partial charge in [-0.1, -0.05) is 30.3 Å². The van der Waals surface area contributed by atoms with Gasteiger partial charge in [0.25, 0.3) is 0 Å². The van der Waals surface area contributed by atoms with E-state index >= 15 is 0 Å². The minimum atomic E-state index is -4.62. The van der Waals surface area contributed by atoms with Crippen molar-refractivity contribution in [1.29, 1.82) is 0 Å². The highest BCUT2D eigenvalue weighted by molar-refractivity contribution is 7.89. The molecule has 1 aromatic heterocycles. The van der Waals surface area contributed by atoms with Gasteiger partial charge in [0.15, 0.2) is 0 Å². The van der Waals surface area contributed by atoms with E-state index in [0.717, 1.165) is 17.8 Å². The van der Waals surface area contributed by atoms with Crippen molar-refractivity contribution in [3.8, 4) is 0 Å². The molecule has 2 aromatic rings. The molecule has 1 aromatic carbocycles. The summed E-state index contributed by atoms with van der Waals surface area (Å²) in [5, 5.41) is 0. The van der Waals surface area contributed by atoms with Crippen LogP contribution in [0.1, 0.15) is 17.7 Å². The molecule has 0 aliphatic rings. The van der Waals surface area contributed by atoms with Crippen LogP contribution in [0.2, 0.25) is 0 Å². The third-order valence-corrected chi connectivity index (χ3v) is 5.31. The van der Waals surface area contributed by atoms with Gasteiger partial charge in [-0.05, 0) is 30.7 Å². The van der Waals surface area contributed by atoms with Gasteiger partial charge in [-0.2, -0.15) is 17.5 Å². The molecule has 0 amide bonds. The second-order valence-corrected chi connectivity index (χ2v) is 7.28. The van der Waals surface area contributed by atoms with E-state index in [1.807, 2.05) is 6.07 Å². The summed E-state index contributed by atoms with van der Waals surface area (Å²) in [4.78, 5) is 2.95. The Labute approximate surface area is 156 Å². The maximum atomic E-state index is 12.8. The van der Waals surface area contributed by atoms with Crippen molar-refractivity contribution >= 4 is 22.4 Å². The molecule has 0 bridgehead atoms. The highest BCUT2D eigenvalue weighted by Crippen LogP contribution is 2.28. The largest absolute Gasteiger partial charge is 0.433 e. The highest BCUT2D eigenvalue weighted by atomic mass is 35.5. The normalized spacial score (nSPS) is 12.0. The van der Waals surface area contributed by atoms with Crippen molar-refractivity contribution in [3.05, 3.63) is 59.9 Å². The first-order valence-corrected chi connectivity index (χ1v) is 8.96. The minimum absolute atomic E-state index is 0. The molecule has 10 heteroatoms. The summed E-state index contributed by atoms with van der Waals surface area (Å²) < 4.78 is 64.5. The molecule has 0 unspecified atom stereocenters. The molecule has 2 rings (SSSR count). The maximum Gasteiger partial charge on any atom is 0.433 e. The second-order valence-electron chi connectivity index (χ2n) is 5.34. The Bertz CT molecular complexity index is 785. The van der Waals surface area contributed by atoms with Gasteiger partial charge < -0.3 is 5.73 Å². The number of benzene rings is 1. The zero-order valence-electron chi connectivity index (χ0n) is 13.7. The van der Waals surface area contributed by atoms with E-state index in [-0.39, 0.29) is 30.4 Å². The van der Waals surface area contributed by atoms with E-state index < -0.39 is 21.9 Å². The molecule has 144 valence electrons. The molecule has 0 fully saturated rings. The second kappa shape index (κ2) is 9.31. The molecule has 0 atom stereocenters. The van der Waals surface area contributed by atoms with Crippen molar-refractivity contribution in [2.24, 2.45) is 5.73 Å². The number of alkyl halides is 3. The summed E-state index contributed by atoms with van der Waals surface area (Å²) in [7, 11) is -3.99. The number of rotatable bonds is 7. The molecule has 5 nitrogen and oxygen atoms in total. The smallest absolute Gasteiger partial charge is 0.330 e. The summed E-state index contributed by atoms with van der Waals surface area (Å²) in [6.07, 6.45) is -3.45. The van der Waals surface area contributed by atoms with Crippen LogP contribution in [-0.4, -0.2) is 30.8 Å². The number of nitrogens with two attached hydrogens (primary N) is 1. The standard InChI is InChI=1S/C16H18F3N3O2S.ClH/c17-16(18,19)15-8-7-14(11-21-15)25(23,24)22(10-4-9-20)12-13-5-2-1-3-6-13;/h1-3,5-8,11H,4,9-10,12,20H2;1H. The van der Waals surface area contributed by atoms with Gasteiger partial charge >= 0.3 is 6.18 Å². The van der Waals surface area contributed by atoms with Gasteiger partial charge in [0.2, 0.25) is 10.0 Å². The maximum absolute atomic E-state index is 12.8. The summed E-state index contributed by atoms with van der Waals surface area (Å²) in [6, 6.07) is 10.5. The Balaban J connectivity index is 0.00000338. The fraction of sp³-hybridized carbons (Fsp3) is 0.312. The van der Waals surface area contributed by atoms with Crippen LogP contribution in [0.25, 0.3) is 0 Å². The van der Waals surface area contributed by atoms with Crippen LogP contribution in [0.5, 0.6) is 0 Å². The van der Waals surface area contributed by atoms with Crippen LogP contribution in [0.4, 0.5) is 13.2 Å². The van der Waals surface area contributed by atoms with Crippen LogP contribution >= 0.6 is 12.4 Å². The number of pyridine rings is 1. The van der Waals surface area contributed by atoms with Crippen molar-refractivity contribution in [3.63, 3.8) is 0 Å². The zero-order chi connectivity index (χ0) is 18.5.